The number of fused-ring (bicyclic) bond motifs is 2. The second-order valence-corrected chi connectivity index (χ2v) is 6.45. The average molecular weight is 301 g/mol. The summed E-state index contributed by atoms with van der Waals surface area (Å²) >= 11 is 0. The lowest BCUT2D eigenvalue weighted by Crippen LogP contribution is -2.21. The number of benzene rings is 1. The van der Waals surface area contributed by atoms with Crippen molar-refractivity contribution >= 4 is 17.6 Å². The van der Waals surface area contributed by atoms with Gasteiger partial charge in [0.25, 0.3) is 0 Å². The van der Waals surface area contributed by atoms with Gasteiger partial charge >= 0.3 is 5.97 Å². The summed E-state index contributed by atoms with van der Waals surface area (Å²) < 4.78 is 5.03. The summed E-state index contributed by atoms with van der Waals surface area (Å²) in [7, 11) is 0. The Labute approximate surface area is 131 Å². The van der Waals surface area contributed by atoms with Crippen molar-refractivity contribution in [3.05, 3.63) is 29.8 Å². The summed E-state index contributed by atoms with van der Waals surface area (Å²) in [6, 6.07) is 7.03. The number of carbonyl (C=O) groups is 2. The van der Waals surface area contributed by atoms with E-state index in [4.69, 9.17) is 4.74 Å². The van der Waals surface area contributed by atoms with E-state index in [0.29, 0.717) is 30.2 Å². The smallest absolute Gasteiger partial charge is 0.340 e. The molecule has 3 rings (SSSR count). The van der Waals surface area contributed by atoms with Crippen LogP contribution in [0.25, 0.3) is 0 Å². The molecule has 1 N–H and O–H groups in total. The molecule has 0 aromatic heterocycles. The van der Waals surface area contributed by atoms with Crippen LogP contribution in [-0.2, 0) is 9.53 Å². The first kappa shape index (κ1) is 15.1. The Kier molecular flexibility index (Phi) is 4.46. The first-order valence-electron chi connectivity index (χ1n) is 8.23. The van der Waals surface area contributed by atoms with Crippen molar-refractivity contribution in [3.63, 3.8) is 0 Å². The lowest BCUT2D eigenvalue weighted by Gasteiger charge is -2.21. The van der Waals surface area contributed by atoms with Crippen LogP contribution in [-0.4, -0.2) is 18.5 Å². The lowest BCUT2D eigenvalue weighted by molar-refractivity contribution is -0.117. The molecule has 2 fully saturated rings. The third kappa shape index (κ3) is 3.16. The van der Waals surface area contributed by atoms with Crippen LogP contribution in [0.15, 0.2) is 24.3 Å². The van der Waals surface area contributed by atoms with Crippen LogP contribution < -0.4 is 5.32 Å². The van der Waals surface area contributed by atoms with Gasteiger partial charge in [0, 0.05) is 6.42 Å². The van der Waals surface area contributed by atoms with E-state index in [2.05, 4.69) is 5.32 Å². The van der Waals surface area contributed by atoms with Gasteiger partial charge in [0.15, 0.2) is 0 Å². The highest BCUT2D eigenvalue weighted by Gasteiger charge is 2.40. The molecule has 4 heteroatoms. The standard InChI is InChI=1S/C18H23NO3/c1-2-22-18(21)15-5-3-4-6-16(15)19-17(20)11-14-10-12-7-8-13(14)9-12/h3-6,12-14H,2,7-11H2,1H3,(H,19,20)/t12-,13+,14-/m0/s1. The van der Waals surface area contributed by atoms with Crippen LogP contribution in [0.1, 0.15) is 49.4 Å². The normalized spacial score (nSPS) is 26.0. The number of hydrogen-bond donors (Lipinski definition) is 1. The van der Waals surface area contributed by atoms with Gasteiger partial charge in [-0.1, -0.05) is 18.6 Å². The third-order valence-electron chi connectivity index (χ3n) is 5.03. The number of carbonyl (C=O) groups excluding carboxylic acids is 2. The molecule has 4 nitrogen and oxygen atoms in total. The first-order chi connectivity index (χ1) is 10.7. The highest BCUT2D eigenvalue weighted by atomic mass is 16.5. The molecular formula is C18H23NO3. The minimum Gasteiger partial charge on any atom is -0.462 e. The number of ether oxygens (including phenoxy) is 1. The molecule has 2 bridgehead atoms. The quantitative estimate of drug-likeness (QED) is 0.845. The zero-order valence-corrected chi connectivity index (χ0v) is 13.0. The van der Waals surface area contributed by atoms with E-state index in [1.807, 2.05) is 6.07 Å². The predicted octanol–water partition coefficient (Wildman–Crippen LogP) is 3.63. The fourth-order valence-electron chi connectivity index (χ4n) is 4.04. The highest BCUT2D eigenvalue weighted by Crippen LogP contribution is 2.49. The molecule has 2 saturated carbocycles. The van der Waals surface area contributed by atoms with Crippen LogP contribution in [0.4, 0.5) is 5.69 Å². The highest BCUT2D eigenvalue weighted by molar-refractivity contribution is 6.01. The zero-order valence-electron chi connectivity index (χ0n) is 13.0. The van der Waals surface area contributed by atoms with Gasteiger partial charge in [0.2, 0.25) is 5.91 Å². The number of hydrogen-bond acceptors (Lipinski definition) is 3. The van der Waals surface area contributed by atoms with E-state index in [1.165, 1.54) is 25.7 Å². The Balaban J connectivity index is 1.63. The van der Waals surface area contributed by atoms with Gasteiger partial charge in [-0.15, -0.1) is 0 Å². The number of rotatable bonds is 5. The molecule has 1 aromatic rings. The van der Waals surface area contributed by atoms with Gasteiger partial charge < -0.3 is 10.1 Å². The lowest BCUT2D eigenvalue weighted by atomic mass is 9.86. The van der Waals surface area contributed by atoms with E-state index >= 15 is 0 Å². The maximum absolute atomic E-state index is 12.3. The second kappa shape index (κ2) is 6.51. The van der Waals surface area contributed by atoms with Crippen molar-refractivity contribution in [2.45, 2.75) is 39.0 Å². The average Bonchev–Trinajstić information content (AvgIpc) is 3.10. The molecule has 2 aliphatic rings. The molecule has 0 aliphatic heterocycles. The van der Waals surface area contributed by atoms with Crippen molar-refractivity contribution in [2.24, 2.45) is 17.8 Å². The maximum Gasteiger partial charge on any atom is 0.340 e. The van der Waals surface area contributed by atoms with Crippen LogP contribution in [0, 0.1) is 17.8 Å². The van der Waals surface area contributed by atoms with E-state index in [1.54, 1.807) is 25.1 Å². The van der Waals surface area contributed by atoms with Gasteiger partial charge in [-0.25, -0.2) is 4.79 Å². The Bertz CT molecular complexity index is 569. The Morgan fingerprint density at radius 2 is 2.05 bits per heavy atom. The molecule has 22 heavy (non-hydrogen) atoms. The Hall–Kier alpha value is -1.84. The largest absolute Gasteiger partial charge is 0.462 e. The Morgan fingerprint density at radius 1 is 1.23 bits per heavy atom. The fraction of sp³-hybridized carbons (Fsp3) is 0.556. The van der Waals surface area contributed by atoms with Gasteiger partial charge in [-0.2, -0.15) is 0 Å². The van der Waals surface area contributed by atoms with Gasteiger partial charge in [0.05, 0.1) is 17.9 Å². The minimum atomic E-state index is -0.390. The number of anilines is 1. The summed E-state index contributed by atoms with van der Waals surface area (Å²) in [6.45, 7) is 2.10. The third-order valence-corrected chi connectivity index (χ3v) is 5.03. The molecule has 1 aromatic carbocycles. The molecule has 0 saturated heterocycles. The molecule has 118 valence electrons. The van der Waals surface area contributed by atoms with Crippen LogP contribution in [0.5, 0.6) is 0 Å². The summed E-state index contributed by atoms with van der Waals surface area (Å²) in [4.78, 5) is 24.2. The SMILES string of the molecule is CCOC(=O)c1ccccc1NC(=O)C[C@@H]1C[C@H]2CC[C@@H]1C2. The molecule has 1 amide bonds. The number of amides is 1. The minimum absolute atomic E-state index is 0.00861. The molecule has 0 heterocycles. The summed E-state index contributed by atoms with van der Waals surface area (Å²) in [5.41, 5.74) is 0.972. The van der Waals surface area contributed by atoms with Crippen molar-refractivity contribution in [1.82, 2.24) is 0 Å². The molecule has 0 spiro atoms. The van der Waals surface area contributed by atoms with Crippen molar-refractivity contribution < 1.29 is 14.3 Å². The van der Waals surface area contributed by atoms with E-state index in [9.17, 15) is 9.59 Å². The van der Waals surface area contributed by atoms with Crippen molar-refractivity contribution in [2.75, 3.05) is 11.9 Å². The van der Waals surface area contributed by atoms with E-state index in [-0.39, 0.29) is 5.91 Å². The topological polar surface area (TPSA) is 55.4 Å². The molecule has 0 radical (unpaired) electrons. The van der Waals surface area contributed by atoms with Crippen LogP contribution >= 0.6 is 0 Å². The monoisotopic (exact) mass is 301 g/mol. The van der Waals surface area contributed by atoms with Crippen molar-refractivity contribution in [1.29, 1.82) is 0 Å². The van der Waals surface area contributed by atoms with E-state index < -0.39 is 5.97 Å². The van der Waals surface area contributed by atoms with Gasteiger partial charge in [0.1, 0.15) is 0 Å². The summed E-state index contributed by atoms with van der Waals surface area (Å²) in [6.07, 6.45) is 5.68. The molecule has 0 unspecified atom stereocenters. The second-order valence-electron chi connectivity index (χ2n) is 6.45. The van der Waals surface area contributed by atoms with Gasteiger partial charge in [-0.3, -0.25) is 4.79 Å². The summed E-state index contributed by atoms with van der Waals surface area (Å²) in [5.74, 6) is 1.71. The Morgan fingerprint density at radius 3 is 2.73 bits per heavy atom. The molecular weight excluding hydrogens is 278 g/mol. The zero-order chi connectivity index (χ0) is 15.5. The summed E-state index contributed by atoms with van der Waals surface area (Å²) in [5, 5.41) is 2.90. The fourth-order valence-corrected chi connectivity index (χ4v) is 4.04. The number of para-hydroxylation sites is 1. The molecule has 2 aliphatic carbocycles. The maximum atomic E-state index is 12.3. The van der Waals surface area contributed by atoms with Crippen LogP contribution in [0.3, 0.4) is 0 Å². The predicted molar refractivity (Wildman–Crippen MR) is 84.6 cm³/mol. The van der Waals surface area contributed by atoms with Gasteiger partial charge in [-0.05, 0) is 56.1 Å². The van der Waals surface area contributed by atoms with E-state index in [0.717, 1.165) is 11.8 Å². The number of esters is 1. The van der Waals surface area contributed by atoms with Crippen molar-refractivity contribution in [3.8, 4) is 0 Å². The first-order valence-corrected chi connectivity index (χ1v) is 8.23. The number of nitrogens with one attached hydrogen (secondary N) is 1. The molecule has 3 atom stereocenters. The van der Waals surface area contributed by atoms with Crippen LogP contribution in [0.2, 0.25) is 0 Å².